The van der Waals surface area contributed by atoms with Gasteiger partial charge in [-0.2, -0.15) is 0 Å². The molecule has 0 N–H and O–H groups in total. The molecule has 0 aliphatic heterocycles. The van der Waals surface area contributed by atoms with Gasteiger partial charge in [0, 0.05) is 6.42 Å². The molecule has 1 aliphatic carbocycles. The zero-order valence-corrected chi connectivity index (χ0v) is 9.94. The van der Waals surface area contributed by atoms with Crippen molar-refractivity contribution < 1.29 is 14.3 Å². The third-order valence-electron chi connectivity index (χ3n) is 3.00. The zero-order valence-electron chi connectivity index (χ0n) is 9.94. The zero-order chi connectivity index (χ0) is 12.3. The first-order chi connectivity index (χ1) is 8.16. The fourth-order valence-electron chi connectivity index (χ4n) is 2.04. The summed E-state index contributed by atoms with van der Waals surface area (Å²) in [5.74, 6) is -0.341. The number of hydrogen-bond acceptors (Lipinski definition) is 3. The van der Waals surface area contributed by atoms with Gasteiger partial charge in [0.05, 0.1) is 5.56 Å². The van der Waals surface area contributed by atoms with Crippen molar-refractivity contribution in [2.24, 2.45) is 0 Å². The molecule has 0 radical (unpaired) electrons. The summed E-state index contributed by atoms with van der Waals surface area (Å²) in [5, 5.41) is 0. The maximum absolute atomic E-state index is 11.8. The summed E-state index contributed by atoms with van der Waals surface area (Å²) in [5.41, 5.74) is 1.53. The summed E-state index contributed by atoms with van der Waals surface area (Å²) in [7, 11) is 0. The van der Waals surface area contributed by atoms with Crippen molar-refractivity contribution in [2.75, 3.05) is 0 Å². The van der Waals surface area contributed by atoms with Crippen molar-refractivity contribution in [3.05, 3.63) is 35.4 Å². The molecule has 0 heterocycles. The van der Waals surface area contributed by atoms with Crippen molar-refractivity contribution >= 4 is 11.8 Å². The van der Waals surface area contributed by atoms with Crippen LogP contribution in [0.5, 0.6) is 0 Å². The van der Waals surface area contributed by atoms with Crippen LogP contribution in [0.3, 0.4) is 0 Å². The van der Waals surface area contributed by atoms with E-state index < -0.39 is 12.1 Å². The van der Waals surface area contributed by atoms with Gasteiger partial charge in [-0.3, -0.25) is 4.79 Å². The first-order valence-corrected chi connectivity index (χ1v) is 5.97. The van der Waals surface area contributed by atoms with Crippen LogP contribution < -0.4 is 0 Å². The fraction of sp³-hybridized carbons (Fsp3) is 0.429. The third kappa shape index (κ3) is 2.93. The molecule has 17 heavy (non-hydrogen) atoms. The van der Waals surface area contributed by atoms with Gasteiger partial charge in [-0.05, 0) is 38.3 Å². The Morgan fingerprint density at radius 1 is 1.35 bits per heavy atom. The Labute approximate surface area is 101 Å². The van der Waals surface area contributed by atoms with Crippen LogP contribution in [0.2, 0.25) is 0 Å². The van der Waals surface area contributed by atoms with Crippen molar-refractivity contribution in [3.8, 4) is 0 Å². The molecule has 0 amide bonds. The highest BCUT2D eigenvalue weighted by molar-refractivity contribution is 5.93. The lowest BCUT2D eigenvalue weighted by Gasteiger charge is -2.20. The normalized spacial score (nSPS) is 20.1. The Morgan fingerprint density at radius 2 is 2.18 bits per heavy atom. The van der Waals surface area contributed by atoms with E-state index in [9.17, 15) is 9.59 Å². The molecule has 0 bridgehead atoms. The van der Waals surface area contributed by atoms with E-state index in [1.54, 1.807) is 12.1 Å². The minimum Gasteiger partial charge on any atom is -0.451 e. The standard InChI is InChI=1S/C14H16O3/c1-10-5-4-6-11(9-10)14(16)17-13-8-3-2-7-12(13)15/h4-6,9,13H,2-3,7-8H2,1H3. The van der Waals surface area contributed by atoms with Gasteiger partial charge < -0.3 is 4.74 Å². The Hall–Kier alpha value is -1.64. The van der Waals surface area contributed by atoms with Crippen LogP contribution >= 0.6 is 0 Å². The number of esters is 1. The summed E-state index contributed by atoms with van der Waals surface area (Å²) in [6, 6.07) is 7.22. The number of carbonyl (C=O) groups excluding carboxylic acids is 2. The highest BCUT2D eigenvalue weighted by atomic mass is 16.5. The quantitative estimate of drug-likeness (QED) is 0.736. The van der Waals surface area contributed by atoms with Gasteiger partial charge in [-0.1, -0.05) is 17.7 Å². The number of rotatable bonds is 2. The van der Waals surface area contributed by atoms with Crippen LogP contribution in [-0.4, -0.2) is 17.9 Å². The molecule has 0 saturated heterocycles. The van der Waals surface area contributed by atoms with Gasteiger partial charge in [0.25, 0.3) is 0 Å². The number of carbonyl (C=O) groups is 2. The van der Waals surface area contributed by atoms with Gasteiger partial charge in [0.2, 0.25) is 0 Å². The van der Waals surface area contributed by atoms with E-state index in [2.05, 4.69) is 0 Å². The Balaban J connectivity index is 2.03. The molecule has 1 saturated carbocycles. The minimum absolute atomic E-state index is 0.0530. The molecule has 90 valence electrons. The summed E-state index contributed by atoms with van der Waals surface area (Å²) >= 11 is 0. The number of hydrogen-bond donors (Lipinski definition) is 0. The molecule has 0 spiro atoms. The van der Waals surface area contributed by atoms with Crippen LogP contribution in [-0.2, 0) is 9.53 Å². The van der Waals surface area contributed by atoms with E-state index in [0.29, 0.717) is 18.4 Å². The summed E-state index contributed by atoms with van der Waals surface area (Å²) in [4.78, 5) is 23.4. The van der Waals surface area contributed by atoms with Crippen LogP contribution in [0.4, 0.5) is 0 Å². The van der Waals surface area contributed by atoms with Gasteiger partial charge in [-0.25, -0.2) is 4.79 Å². The average Bonchev–Trinajstić information content (AvgIpc) is 2.32. The maximum atomic E-state index is 11.8. The summed E-state index contributed by atoms with van der Waals surface area (Å²) in [6.45, 7) is 1.92. The molecule has 1 aromatic carbocycles. The first-order valence-electron chi connectivity index (χ1n) is 5.97. The summed E-state index contributed by atoms with van der Waals surface area (Å²) < 4.78 is 5.26. The van der Waals surface area contributed by atoms with E-state index in [1.807, 2.05) is 19.1 Å². The minimum atomic E-state index is -0.531. The molecule has 1 atom stereocenters. The molecule has 1 fully saturated rings. The fourth-order valence-corrected chi connectivity index (χ4v) is 2.04. The van der Waals surface area contributed by atoms with Crippen molar-refractivity contribution in [1.82, 2.24) is 0 Å². The smallest absolute Gasteiger partial charge is 0.338 e. The van der Waals surface area contributed by atoms with E-state index in [1.165, 1.54) is 0 Å². The van der Waals surface area contributed by atoms with Crippen LogP contribution in [0.1, 0.15) is 41.6 Å². The lowest BCUT2D eigenvalue weighted by atomic mass is 9.96. The van der Waals surface area contributed by atoms with E-state index in [-0.39, 0.29) is 5.78 Å². The number of benzene rings is 1. The second-order valence-electron chi connectivity index (χ2n) is 4.48. The van der Waals surface area contributed by atoms with Crippen molar-refractivity contribution in [2.45, 2.75) is 38.7 Å². The average molecular weight is 232 g/mol. The Kier molecular flexibility index (Phi) is 3.57. The number of ketones is 1. The molecule has 2 rings (SSSR count). The molecule has 3 heteroatoms. The second kappa shape index (κ2) is 5.13. The largest absolute Gasteiger partial charge is 0.451 e. The highest BCUT2D eigenvalue weighted by Crippen LogP contribution is 2.19. The molecule has 1 aromatic rings. The van der Waals surface area contributed by atoms with Gasteiger partial charge in [0.15, 0.2) is 11.9 Å². The van der Waals surface area contributed by atoms with Gasteiger partial charge in [-0.15, -0.1) is 0 Å². The summed E-state index contributed by atoms with van der Waals surface area (Å²) in [6.07, 6.45) is 2.54. The number of aryl methyl sites for hydroxylation is 1. The SMILES string of the molecule is Cc1cccc(C(=O)OC2CCCCC2=O)c1. The van der Waals surface area contributed by atoms with Crippen molar-refractivity contribution in [1.29, 1.82) is 0 Å². The first kappa shape index (κ1) is 11.8. The Morgan fingerprint density at radius 3 is 2.88 bits per heavy atom. The van der Waals surface area contributed by atoms with Gasteiger partial charge in [0.1, 0.15) is 0 Å². The van der Waals surface area contributed by atoms with Crippen LogP contribution in [0.25, 0.3) is 0 Å². The second-order valence-corrected chi connectivity index (χ2v) is 4.48. The highest BCUT2D eigenvalue weighted by Gasteiger charge is 2.26. The van der Waals surface area contributed by atoms with E-state index in [4.69, 9.17) is 4.74 Å². The van der Waals surface area contributed by atoms with E-state index in [0.717, 1.165) is 18.4 Å². The number of Topliss-reactive ketones (excluding diaryl/α,β-unsaturated/α-hetero) is 1. The lowest BCUT2D eigenvalue weighted by Crippen LogP contribution is -2.30. The topological polar surface area (TPSA) is 43.4 Å². The lowest BCUT2D eigenvalue weighted by molar-refractivity contribution is -0.129. The molecule has 1 unspecified atom stereocenters. The van der Waals surface area contributed by atoms with Crippen molar-refractivity contribution in [3.63, 3.8) is 0 Å². The van der Waals surface area contributed by atoms with Crippen LogP contribution in [0, 0.1) is 6.92 Å². The number of ether oxygens (including phenoxy) is 1. The monoisotopic (exact) mass is 232 g/mol. The third-order valence-corrected chi connectivity index (χ3v) is 3.00. The van der Waals surface area contributed by atoms with E-state index >= 15 is 0 Å². The molecule has 0 aromatic heterocycles. The van der Waals surface area contributed by atoms with Crippen LogP contribution in [0.15, 0.2) is 24.3 Å². The maximum Gasteiger partial charge on any atom is 0.338 e. The van der Waals surface area contributed by atoms with Gasteiger partial charge >= 0.3 is 5.97 Å². The molecular weight excluding hydrogens is 216 g/mol. The predicted octanol–water partition coefficient (Wildman–Crippen LogP) is 2.66. The predicted molar refractivity (Wildman–Crippen MR) is 63.9 cm³/mol. The molecule has 1 aliphatic rings. The Bertz CT molecular complexity index is 437. The molecular formula is C14H16O3. The molecule has 3 nitrogen and oxygen atoms in total.